The Bertz CT molecular complexity index is 1270. The molecule has 0 bridgehead atoms. The van der Waals surface area contributed by atoms with Crippen molar-refractivity contribution in [1.29, 1.82) is 5.26 Å². The highest BCUT2D eigenvalue weighted by molar-refractivity contribution is 14.1. The van der Waals surface area contributed by atoms with Gasteiger partial charge in [0.15, 0.2) is 11.5 Å². The van der Waals surface area contributed by atoms with E-state index in [1.54, 1.807) is 13.2 Å². The van der Waals surface area contributed by atoms with E-state index < -0.39 is 0 Å². The van der Waals surface area contributed by atoms with Crippen molar-refractivity contribution in [2.45, 2.75) is 6.61 Å². The molecule has 1 heterocycles. The van der Waals surface area contributed by atoms with Crippen molar-refractivity contribution in [2.75, 3.05) is 7.11 Å². The van der Waals surface area contributed by atoms with Crippen LogP contribution in [0.4, 0.5) is 0 Å². The van der Waals surface area contributed by atoms with Crippen molar-refractivity contribution in [2.24, 2.45) is 0 Å². The summed E-state index contributed by atoms with van der Waals surface area (Å²) in [7, 11) is 1.60. The number of H-pyrrole nitrogens is 1. The van der Waals surface area contributed by atoms with E-state index in [1.807, 2.05) is 60.7 Å². The summed E-state index contributed by atoms with van der Waals surface area (Å²) < 4.78 is 12.4. The van der Waals surface area contributed by atoms with Crippen LogP contribution >= 0.6 is 34.2 Å². The zero-order valence-corrected chi connectivity index (χ0v) is 19.4. The van der Waals surface area contributed by atoms with Gasteiger partial charge in [0.1, 0.15) is 18.5 Å². The molecule has 0 spiro atoms. The van der Waals surface area contributed by atoms with Crippen molar-refractivity contribution in [3.8, 4) is 17.6 Å². The summed E-state index contributed by atoms with van der Waals surface area (Å²) in [5.41, 5.74) is 3.96. The van der Waals surface area contributed by atoms with Crippen LogP contribution in [-0.4, -0.2) is 17.1 Å². The molecule has 0 saturated carbocycles. The predicted molar refractivity (Wildman–Crippen MR) is 131 cm³/mol. The highest BCUT2D eigenvalue weighted by Gasteiger charge is 2.13. The summed E-state index contributed by atoms with van der Waals surface area (Å²) >= 11 is 8.15. The maximum Gasteiger partial charge on any atom is 0.174 e. The highest BCUT2D eigenvalue weighted by atomic mass is 127. The first-order valence-electron chi connectivity index (χ1n) is 9.39. The fourth-order valence-corrected chi connectivity index (χ4v) is 4.01. The van der Waals surface area contributed by atoms with Gasteiger partial charge in [0, 0.05) is 5.02 Å². The number of hydrogen-bond acceptors (Lipinski definition) is 4. The number of fused-ring (bicyclic) bond motifs is 1. The third kappa shape index (κ3) is 4.84. The molecule has 0 aliphatic heterocycles. The van der Waals surface area contributed by atoms with Gasteiger partial charge in [-0.05, 0) is 76.2 Å². The van der Waals surface area contributed by atoms with Crippen molar-refractivity contribution < 1.29 is 9.47 Å². The first kappa shape index (κ1) is 21.2. The number of nitrogens with zero attached hydrogens (tertiary/aromatic N) is 2. The molecular weight excluding hydrogens is 525 g/mol. The van der Waals surface area contributed by atoms with Crippen molar-refractivity contribution >= 4 is 56.9 Å². The minimum Gasteiger partial charge on any atom is -0.493 e. The van der Waals surface area contributed by atoms with Crippen LogP contribution in [0.3, 0.4) is 0 Å². The average molecular weight is 542 g/mol. The van der Waals surface area contributed by atoms with Crippen molar-refractivity contribution in [1.82, 2.24) is 9.97 Å². The number of nitrogens with one attached hydrogen (secondary N) is 1. The fraction of sp³-hybridized carbons (Fsp3) is 0.0833. The molecular formula is C24H17ClIN3O2. The molecule has 0 atom stereocenters. The van der Waals surface area contributed by atoms with E-state index in [2.05, 4.69) is 38.6 Å². The molecule has 4 aromatic rings. The summed E-state index contributed by atoms with van der Waals surface area (Å²) in [5.74, 6) is 1.77. The third-order valence-corrected chi connectivity index (χ3v) is 5.68. The van der Waals surface area contributed by atoms with Crippen LogP contribution in [0.5, 0.6) is 11.5 Å². The molecule has 0 saturated heterocycles. The molecule has 7 heteroatoms. The van der Waals surface area contributed by atoms with Crippen LogP contribution < -0.4 is 9.47 Å². The second-order valence-electron chi connectivity index (χ2n) is 6.72. The van der Waals surface area contributed by atoms with Gasteiger partial charge in [-0.1, -0.05) is 35.9 Å². The van der Waals surface area contributed by atoms with Gasteiger partial charge in [-0.2, -0.15) is 5.26 Å². The summed E-state index contributed by atoms with van der Waals surface area (Å²) in [6.45, 7) is 0.390. The standard InChI is InChI=1S/C24H17ClIN3O2/c1-30-22-12-16(10-17(13-27)24-28-20-4-2-3-5-21(20)29-24)11-19(26)23(22)31-14-15-6-8-18(25)9-7-15/h2-12H,14H2,1H3,(H,28,29). The summed E-state index contributed by atoms with van der Waals surface area (Å²) in [4.78, 5) is 7.71. The van der Waals surface area contributed by atoms with Gasteiger partial charge in [0.2, 0.25) is 0 Å². The van der Waals surface area contributed by atoms with Gasteiger partial charge in [-0.25, -0.2) is 4.98 Å². The van der Waals surface area contributed by atoms with Crippen LogP contribution in [0.2, 0.25) is 5.02 Å². The van der Waals surface area contributed by atoms with E-state index >= 15 is 0 Å². The molecule has 0 aliphatic rings. The number of allylic oxidation sites excluding steroid dienone is 1. The Kier molecular flexibility index (Phi) is 6.44. The molecule has 0 unspecified atom stereocenters. The Morgan fingerprint density at radius 3 is 2.68 bits per heavy atom. The lowest BCUT2D eigenvalue weighted by Gasteiger charge is -2.14. The maximum absolute atomic E-state index is 9.70. The monoisotopic (exact) mass is 541 g/mol. The lowest BCUT2D eigenvalue weighted by Crippen LogP contribution is -2.00. The minimum absolute atomic E-state index is 0.390. The molecule has 1 aromatic heterocycles. The van der Waals surface area contributed by atoms with Gasteiger partial charge >= 0.3 is 0 Å². The van der Waals surface area contributed by atoms with E-state index in [9.17, 15) is 5.26 Å². The fourth-order valence-electron chi connectivity index (χ4n) is 3.10. The number of halogens is 2. The number of imidazole rings is 1. The maximum atomic E-state index is 9.70. The number of aromatic nitrogens is 2. The molecule has 0 amide bonds. The van der Waals surface area contributed by atoms with E-state index in [0.717, 1.165) is 25.7 Å². The number of aromatic amines is 1. The normalized spacial score (nSPS) is 11.4. The lowest BCUT2D eigenvalue weighted by atomic mass is 10.1. The largest absolute Gasteiger partial charge is 0.493 e. The summed E-state index contributed by atoms with van der Waals surface area (Å²) in [6, 6.07) is 21.2. The SMILES string of the molecule is COc1cc(C=C(C#N)c2nc3ccccc3[nH]2)cc(I)c1OCc1ccc(Cl)cc1. The van der Waals surface area contributed by atoms with Gasteiger partial charge in [-0.3, -0.25) is 0 Å². The molecule has 0 radical (unpaired) electrons. The molecule has 31 heavy (non-hydrogen) atoms. The average Bonchev–Trinajstić information content (AvgIpc) is 3.21. The Labute approximate surface area is 198 Å². The Hall–Kier alpha value is -3.02. The topological polar surface area (TPSA) is 70.9 Å². The van der Waals surface area contributed by atoms with E-state index in [4.69, 9.17) is 21.1 Å². The number of rotatable bonds is 6. The number of benzene rings is 3. The Morgan fingerprint density at radius 2 is 1.97 bits per heavy atom. The van der Waals surface area contributed by atoms with Crippen LogP contribution in [0.1, 0.15) is 17.0 Å². The molecule has 1 N–H and O–H groups in total. The zero-order chi connectivity index (χ0) is 21.8. The second kappa shape index (κ2) is 9.41. The van der Waals surface area contributed by atoms with Crippen LogP contribution in [0, 0.1) is 14.9 Å². The van der Waals surface area contributed by atoms with Crippen LogP contribution in [-0.2, 0) is 6.61 Å². The smallest absolute Gasteiger partial charge is 0.174 e. The van der Waals surface area contributed by atoms with Crippen LogP contribution in [0.15, 0.2) is 60.7 Å². The van der Waals surface area contributed by atoms with Gasteiger partial charge in [0.05, 0.1) is 27.3 Å². The number of nitriles is 1. The van der Waals surface area contributed by atoms with Crippen molar-refractivity contribution in [3.05, 3.63) is 86.2 Å². The summed E-state index contributed by atoms with van der Waals surface area (Å²) in [6.07, 6.45) is 1.78. The van der Waals surface area contributed by atoms with Gasteiger partial charge in [0.25, 0.3) is 0 Å². The molecule has 0 aliphatic carbocycles. The first-order chi connectivity index (χ1) is 15.1. The Balaban J connectivity index is 1.63. The summed E-state index contributed by atoms with van der Waals surface area (Å²) in [5, 5.41) is 10.4. The number of methoxy groups -OCH3 is 1. The first-order valence-corrected chi connectivity index (χ1v) is 10.8. The minimum atomic E-state index is 0.390. The number of ether oxygens (including phenoxy) is 2. The van der Waals surface area contributed by atoms with E-state index in [1.165, 1.54) is 0 Å². The Morgan fingerprint density at radius 1 is 1.19 bits per heavy atom. The molecule has 4 rings (SSSR count). The van der Waals surface area contributed by atoms with Gasteiger partial charge < -0.3 is 14.5 Å². The third-order valence-electron chi connectivity index (χ3n) is 4.62. The molecule has 3 aromatic carbocycles. The van der Waals surface area contributed by atoms with E-state index in [0.29, 0.717) is 34.5 Å². The van der Waals surface area contributed by atoms with Gasteiger partial charge in [-0.15, -0.1) is 0 Å². The quantitative estimate of drug-likeness (QED) is 0.224. The molecule has 0 fully saturated rings. The highest BCUT2D eigenvalue weighted by Crippen LogP contribution is 2.35. The second-order valence-corrected chi connectivity index (χ2v) is 8.32. The van der Waals surface area contributed by atoms with E-state index in [-0.39, 0.29) is 0 Å². The van der Waals surface area contributed by atoms with Crippen LogP contribution in [0.25, 0.3) is 22.7 Å². The predicted octanol–water partition coefficient (Wildman–Crippen LogP) is 6.47. The number of para-hydroxylation sites is 2. The zero-order valence-electron chi connectivity index (χ0n) is 16.5. The van der Waals surface area contributed by atoms with Crippen molar-refractivity contribution in [3.63, 3.8) is 0 Å². The molecule has 5 nitrogen and oxygen atoms in total. The molecule has 154 valence electrons. The lowest BCUT2D eigenvalue weighted by molar-refractivity contribution is 0.282. The number of hydrogen-bond donors (Lipinski definition) is 1.